The lowest BCUT2D eigenvalue weighted by Crippen LogP contribution is -2.29. The molecule has 96 valence electrons. The average molecular weight is 250 g/mol. The molecule has 0 aliphatic heterocycles. The largest absolute Gasteiger partial charge is 0.384 e. The molecule has 1 N–H and O–H groups in total. The van der Waals surface area contributed by atoms with Crippen LogP contribution in [0.1, 0.15) is 31.2 Å². The summed E-state index contributed by atoms with van der Waals surface area (Å²) in [6.45, 7) is 0.508. The van der Waals surface area contributed by atoms with Crippen LogP contribution in [-0.2, 0) is 0 Å². The van der Waals surface area contributed by atoms with Gasteiger partial charge in [0.1, 0.15) is 6.07 Å². The predicted molar refractivity (Wildman–Crippen MR) is 66.6 cm³/mol. The molecule has 2 nitrogen and oxygen atoms in total. The van der Waals surface area contributed by atoms with Crippen LogP contribution < -0.4 is 5.32 Å². The minimum absolute atomic E-state index is 0.0122. The monoisotopic (exact) mass is 250 g/mol. The number of hydrogen-bond donors (Lipinski definition) is 1. The molecule has 1 atom stereocenters. The van der Waals surface area contributed by atoms with E-state index in [4.69, 9.17) is 5.26 Å². The lowest BCUT2D eigenvalue weighted by molar-refractivity contribution is -0.0502. The van der Waals surface area contributed by atoms with Gasteiger partial charge in [-0.05, 0) is 30.9 Å². The van der Waals surface area contributed by atoms with Gasteiger partial charge in [-0.3, -0.25) is 0 Å². The van der Waals surface area contributed by atoms with Crippen LogP contribution in [0.4, 0.5) is 14.5 Å². The van der Waals surface area contributed by atoms with Gasteiger partial charge in [-0.1, -0.05) is 12.1 Å². The molecule has 0 amide bonds. The summed E-state index contributed by atoms with van der Waals surface area (Å²) in [4.78, 5) is 0. The van der Waals surface area contributed by atoms with Gasteiger partial charge in [-0.15, -0.1) is 0 Å². The fourth-order valence-electron chi connectivity index (χ4n) is 2.44. The van der Waals surface area contributed by atoms with Crippen LogP contribution >= 0.6 is 0 Å². The summed E-state index contributed by atoms with van der Waals surface area (Å²) in [5.41, 5.74) is 1.29. The van der Waals surface area contributed by atoms with E-state index in [0.29, 0.717) is 18.5 Å². The van der Waals surface area contributed by atoms with Crippen molar-refractivity contribution < 1.29 is 8.78 Å². The standard InChI is InChI=1S/C14H16F2N2/c15-14(16)7-3-4-11(8-14)10-18-13-6-2-1-5-12(13)9-17/h1-2,5-6,11,18H,3-4,7-8,10H2. The highest BCUT2D eigenvalue weighted by atomic mass is 19.3. The number of anilines is 1. The van der Waals surface area contributed by atoms with Crippen molar-refractivity contribution >= 4 is 5.69 Å². The summed E-state index contributed by atoms with van der Waals surface area (Å²) in [5, 5.41) is 12.0. The zero-order valence-electron chi connectivity index (χ0n) is 10.1. The van der Waals surface area contributed by atoms with Gasteiger partial charge in [0, 0.05) is 19.4 Å². The van der Waals surface area contributed by atoms with Gasteiger partial charge in [0.15, 0.2) is 0 Å². The van der Waals surface area contributed by atoms with E-state index in [1.165, 1.54) is 0 Å². The zero-order valence-corrected chi connectivity index (χ0v) is 10.1. The Morgan fingerprint density at radius 2 is 2.17 bits per heavy atom. The van der Waals surface area contributed by atoms with Gasteiger partial charge in [0.05, 0.1) is 11.3 Å². The van der Waals surface area contributed by atoms with Crippen molar-refractivity contribution in [1.29, 1.82) is 5.26 Å². The minimum Gasteiger partial charge on any atom is -0.384 e. The van der Waals surface area contributed by atoms with Crippen LogP contribution in [0.2, 0.25) is 0 Å². The molecule has 0 aromatic heterocycles. The molecular formula is C14H16F2N2. The number of nitriles is 1. The first-order chi connectivity index (χ1) is 8.61. The van der Waals surface area contributed by atoms with E-state index in [2.05, 4.69) is 11.4 Å². The number of nitrogens with one attached hydrogen (secondary N) is 1. The highest BCUT2D eigenvalue weighted by Crippen LogP contribution is 2.36. The third kappa shape index (κ3) is 3.19. The Bertz CT molecular complexity index is 451. The Labute approximate surface area is 106 Å². The Hall–Kier alpha value is -1.63. The van der Waals surface area contributed by atoms with Crippen LogP contribution in [0.5, 0.6) is 0 Å². The second-order valence-corrected chi connectivity index (χ2v) is 4.86. The van der Waals surface area contributed by atoms with Crippen molar-refractivity contribution in [2.24, 2.45) is 5.92 Å². The van der Waals surface area contributed by atoms with E-state index < -0.39 is 5.92 Å². The molecule has 1 unspecified atom stereocenters. The van der Waals surface area contributed by atoms with Crippen LogP contribution in [0.25, 0.3) is 0 Å². The van der Waals surface area contributed by atoms with E-state index in [1.54, 1.807) is 18.2 Å². The quantitative estimate of drug-likeness (QED) is 0.885. The lowest BCUT2D eigenvalue weighted by Gasteiger charge is -2.29. The van der Waals surface area contributed by atoms with Crippen molar-refractivity contribution in [2.45, 2.75) is 31.6 Å². The number of alkyl halides is 2. The number of nitrogens with zero attached hydrogens (tertiary/aromatic N) is 1. The first-order valence-electron chi connectivity index (χ1n) is 6.21. The van der Waals surface area contributed by atoms with Crippen molar-refractivity contribution in [3.63, 3.8) is 0 Å². The first-order valence-corrected chi connectivity index (χ1v) is 6.21. The maximum absolute atomic E-state index is 13.2. The molecule has 0 heterocycles. The van der Waals surface area contributed by atoms with Crippen LogP contribution in [-0.4, -0.2) is 12.5 Å². The summed E-state index contributed by atoms with van der Waals surface area (Å²) in [7, 11) is 0. The van der Waals surface area contributed by atoms with Crippen molar-refractivity contribution in [3.05, 3.63) is 29.8 Å². The summed E-state index contributed by atoms with van der Waals surface area (Å²) in [5.74, 6) is -2.53. The Morgan fingerprint density at radius 1 is 1.39 bits per heavy atom. The SMILES string of the molecule is N#Cc1ccccc1NCC1CCCC(F)(F)C1. The van der Waals surface area contributed by atoms with Gasteiger partial charge in [-0.2, -0.15) is 5.26 Å². The molecule has 1 aromatic rings. The molecule has 18 heavy (non-hydrogen) atoms. The van der Waals surface area contributed by atoms with Gasteiger partial charge >= 0.3 is 0 Å². The summed E-state index contributed by atoms with van der Waals surface area (Å²) >= 11 is 0. The van der Waals surface area contributed by atoms with E-state index in [9.17, 15) is 8.78 Å². The molecule has 1 aliphatic carbocycles. The smallest absolute Gasteiger partial charge is 0.248 e. The number of rotatable bonds is 3. The molecule has 0 saturated heterocycles. The molecule has 0 spiro atoms. The van der Waals surface area contributed by atoms with Gasteiger partial charge in [0.25, 0.3) is 0 Å². The molecule has 0 radical (unpaired) electrons. The van der Waals surface area contributed by atoms with Crippen molar-refractivity contribution in [1.82, 2.24) is 0 Å². The molecule has 1 aromatic carbocycles. The Morgan fingerprint density at radius 3 is 2.89 bits per heavy atom. The maximum atomic E-state index is 13.2. The van der Waals surface area contributed by atoms with E-state index >= 15 is 0 Å². The second-order valence-electron chi connectivity index (χ2n) is 4.86. The normalized spacial score (nSPS) is 22.2. The summed E-state index contributed by atoms with van der Waals surface area (Å²) in [6.07, 6.45) is 1.38. The van der Waals surface area contributed by atoms with E-state index in [-0.39, 0.29) is 18.8 Å². The third-order valence-electron chi connectivity index (χ3n) is 3.37. The molecule has 2 rings (SSSR count). The first kappa shape index (κ1) is 12.8. The number of hydrogen-bond acceptors (Lipinski definition) is 2. The van der Waals surface area contributed by atoms with Gasteiger partial charge in [0.2, 0.25) is 5.92 Å². The highest BCUT2D eigenvalue weighted by Gasteiger charge is 2.35. The molecule has 1 aliphatic rings. The molecule has 0 bridgehead atoms. The van der Waals surface area contributed by atoms with Gasteiger partial charge in [-0.25, -0.2) is 8.78 Å². The summed E-state index contributed by atoms with van der Waals surface area (Å²) < 4.78 is 26.5. The molecule has 1 fully saturated rings. The van der Waals surface area contributed by atoms with Crippen LogP contribution in [0.3, 0.4) is 0 Å². The van der Waals surface area contributed by atoms with E-state index in [1.807, 2.05) is 6.07 Å². The molecule has 1 saturated carbocycles. The Balaban J connectivity index is 1.94. The van der Waals surface area contributed by atoms with Crippen LogP contribution in [0, 0.1) is 17.2 Å². The van der Waals surface area contributed by atoms with Crippen molar-refractivity contribution in [3.8, 4) is 6.07 Å². The number of halogens is 2. The van der Waals surface area contributed by atoms with Crippen molar-refractivity contribution in [2.75, 3.05) is 11.9 Å². The number of benzene rings is 1. The third-order valence-corrected chi connectivity index (χ3v) is 3.37. The Kier molecular flexibility index (Phi) is 3.81. The van der Waals surface area contributed by atoms with Gasteiger partial charge < -0.3 is 5.32 Å². The zero-order chi connectivity index (χ0) is 13.0. The fourth-order valence-corrected chi connectivity index (χ4v) is 2.44. The maximum Gasteiger partial charge on any atom is 0.248 e. The lowest BCUT2D eigenvalue weighted by atomic mass is 9.86. The van der Waals surface area contributed by atoms with Crippen LogP contribution in [0.15, 0.2) is 24.3 Å². The summed E-state index contributed by atoms with van der Waals surface area (Å²) in [6, 6.07) is 9.24. The minimum atomic E-state index is -2.51. The molecule has 4 heteroatoms. The second kappa shape index (κ2) is 5.34. The van der Waals surface area contributed by atoms with E-state index in [0.717, 1.165) is 12.1 Å². The number of para-hydroxylation sites is 1. The fraction of sp³-hybridized carbons (Fsp3) is 0.500. The topological polar surface area (TPSA) is 35.8 Å². The highest BCUT2D eigenvalue weighted by molar-refractivity contribution is 5.57. The molecular weight excluding hydrogens is 234 g/mol. The average Bonchev–Trinajstić information content (AvgIpc) is 2.35. The predicted octanol–water partition coefficient (Wildman–Crippen LogP) is 3.80.